The van der Waals surface area contributed by atoms with E-state index in [2.05, 4.69) is 4.98 Å². The van der Waals surface area contributed by atoms with E-state index in [4.69, 9.17) is 9.84 Å². The van der Waals surface area contributed by atoms with Gasteiger partial charge in [-0.1, -0.05) is 19.3 Å². The fourth-order valence-corrected chi connectivity index (χ4v) is 2.26. The van der Waals surface area contributed by atoms with Crippen molar-refractivity contribution < 1.29 is 14.2 Å². The molecule has 2 rings (SSSR count). The minimum absolute atomic E-state index is 0.245. The Labute approximate surface area is 101 Å². The van der Waals surface area contributed by atoms with E-state index >= 15 is 0 Å². The third kappa shape index (κ3) is 3.40. The number of aromatic nitrogens is 1. The minimum atomic E-state index is -0.445. The fourth-order valence-electron chi connectivity index (χ4n) is 2.26. The highest BCUT2D eigenvalue weighted by atomic mass is 19.1. The van der Waals surface area contributed by atoms with Crippen LogP contribution in [0.2, 0.25) is 0 Å². The van der Waals surface area contributed by atoms with Crippen molar-refractivity contribution in [3.63, 3.8) is 0 Å². The van der Waals surface area contributed by atoms with Gasteiger partial charge >= 0.3 is 0 Å². The molecule has 4 heteroatoms. The summed E-state index contributed by atoms with van der Waals surface area (Å²) in [7, 11) is 0. The average molecular weight is 239 g/mol. The number of halogens is 1. The van der Waals surface area contributed by atoms with Gasteiger partial charge in [-0.15, -0.1) is 0 Å². The minimum Gasteiger partial charge on any atom is -0.477 e. The predicted molar refractivity (Wildman–Crippen MR) is 62.2 cm³/mol. The molecule has 0 atom stereocenters. The first-order chi connectivity index (χ1) is 8.29. The number of hydrogen-bond donors (Lipinski definition) is 1. The highest BCUT2D eigenvalue weighted by Gasteiger charge is 2.15. The molecule has 1 saturated carbocycles. The van der Waals surface area contributed by atoms with Crippen LogP contribution in [-0.2, 0) is 6.61 Å². The molecule has 1 aromatic rings. The van der Waals surface area contributed by atoms with Crippen molar-refractivity contribution in [3.8, 4) is 5.88 Å². The molecule has 94 valence electrons. The molecule has 1 heterocycles. The molecule has 0 radical (unpaired) electrons. The molecular weight excluding hydrogens is 221 g/mol. The van der Waals surface area contributed by atoms with Crippen molar-refractivity contribution in [1.29, 1.82) is 0 Å². The first-order valence-electron chi connectivity index (χ1n) is 6.17. The van der Waals surface area contributed by atoms with Crippen molar-refractivity contribution in [2.24, 2.45) is 5.92 Å². The van der Waals surface area contributed by atoms with Gasteiger partial charge in [0.2, 0.25) is 5.88 Å². The van der Waals surface area contributed by atoms with Crippen LogP contribution in [0.4, 0.5) is 4.39 Å². The highest BCUT2D eigenvalue weighted by Crippen LogP contribution is 2.25. The van der Waals surface area contributed by atoms with Crippen LogP contribution in [0.1, 0.15) is 37.7 Å². The maximum atomic E-state index is 12.9. The van der Waals surface area contributed by atoms with E-state index in [1.807, 2.05) is 0 Å². The zero-order valence-electron chi connectivity index (χ0n) is 9.86. The second-order valence-corrected chi connectivity index (χ2v) is 4.59. The van der Waals surface area contributed by atoms with Gasteiger partial charge in [0.15, 0.2) is 0 Å². The number of aliphatic hydroxyl groups is 1. The van der Waals surface area contributed by atoms with E-state index in [0.29, 0.717) is 24.0 Å². The van der Waals surface area contributed by atoms with Gasteiger partial charge in [0.25, 0.3) is 0 Å². The van der Waals surface area contributed by atoms with Gasteiger partial charge in [0.1, 0.15) is 5.82 Å². The van der Waals surface area contributed by atoms with Gasteiger partial charge in [-0.3, -0.25) is 0 Å². The summed E-state index contributed by atoms with van der Waals surface area (Å²) in [5.74, 6) is 0.487. The van der Waals surface area contributed by atoms with Crippen LogP contribution in [-0.4, -0.2) is 16.7 Å². The Morgan fingerprint density at radius 2 is 2.12 bits per heavy atom. The molecule has 0 unspecified atom stereocenters. The Morgan fingerprint density at radius 1 is 1.35 bits per heavy atom. The summed E-state index contributed by atoms with van der Waals surface area (Å²) in [4.78, 5) is 3.88. The monoisotopic (exact) mass is 239 g/mol. The van der Waals surface area contributed by atoms with E-state index in [0.717, 1.165) is 6.20 Å². The second-order valence-electron chi connectivity index (χ2n) is 4.59. The van der Waals surface area contributed by atoms with Crippen LogP contribution in [0, 0.1) is 11.7 Å². The van der Waals surface area contributed by atoms with Crippen molar-refractivity contribution >= 4 is 0 Å². The lowest BCUT2D eigenvalue weighted by molar-refractivity contribution is 0.194. The molecule has 0 aromatic carbocycles. The molecule has 0 amide bonds. The molecule has 1 aliphatic carbocycles. The summed E-state index contributed by atoms with van der Waals surface area (Å²) >= 11 is 0. The summed E-state index contributed by atoms with van der Waals surface area (Å²) in [6.45, 7) is 0.371. The van der Waals surface area contributed by atoms with E-state index in [1.54, 1.807) is 0 Å². The lowest BCUT2D eigenvalue weighted by Crippen LogP contribution is -2.16. The third-order valence-corrected chi connectivity index (χ3v) is 3.24. The zero-order chi connectivity index (χ0) is 12.1. The number of nitrogens with zero attached hydrogens (tertiary/aromatic N) is 1. The molecule has 3 nitrogen and oxygen atoms in total. The molecule has 0 bridgehead atoms. The quantitative estimate of drug-likeness (QED) is 0.878. The van der Waals surface area contributed by atoms with Crippen LogP contribution in [0.15, 0.2) is 12.3 Å². The SMILES string of the molecule is OCc1cc(F)cnc1OCC1CCCCC1. The lowest BCUT2D eigenvalue weighted by atomic mass is 9.90. The summed E-state index contributed by atoms with van der Waals surface area (Å²) in [6.07, 6.45) is 7.34. The zero-order valence-corrected chi connectivity index (χ0v) is 9.86. The van der Waals surface area contributed by atoms with E-state index in [-0.39, 0.29) is 6.61 Å². The first kappa shape index (κ1) is 12.3. The van der Waals surface area contributed by atoms with E-state index in [1.165, 1.54) is 38.2 Å². The van der Waals surface area contributed by atoms with E-state index in [9.17, 15) is 4.39 Å². The topological polar surface area (TPSA) is 42.4 Å². The summed E-state index contributed by atoms with van der Waals surface area (Å²) in [6, 6.07) is 1.27. The number of aliphatic hydroxyl groups excluding tert-OH is 1. The van der Waals surface area contributed by atoms with Crippen molar-refractivity contribution in [1.82, 2.24) is 4.98 Å². The number of rotatable bonds is 4. The summed E-state index contributed by atoms with van der Waals surface area (Å²) in [5, 5.41) is 9.09. The Kier molecular flexibility index (Phi) is 4.31. The van der Waals surface area contributed by atoms with Crippen LogP contribution >= 0.6 is 0 Å². The first-order valence-corrected chi connectivity index (χ1v) is 6.17. The van der Waals surface area contributed by atoms with Gasteiger partial charge in [0, 0.05) is 5.56 Å². The fraction of sp³-hybridized carbons (Fsp3) is 0.615. The Bertz CT molecular complexity index is 364. The van der Waals surface area contributed by atoms with Gasteiger partial charge in [-0.05, 0) is 24.8 Å². The van der Waals surface area contributed by atoms with Crippen molar-refractivity contribution in [2.45, 2.75) is 38.7 Å². The molecule has 17 heavy (non-hydrogen) atoms. The number of pyridine rings is 1. The largest absolute Gasteiger partial charge is 0.477 e. The Morgan fingerprint density at radius 3 is 2.82 bits per heavy atom. The lowest BCUT2D eigenvalue weighted by Gasteiger charge is -2.21. The van der Waals surface area contributed by atoms with Crippen LogP contribution in [0.5, 0.6) is 5.88 Å². The number of hydrogen-bond acceptors (Lipinski definition) is 3. The standard InChI is InChI=1S/C13H18FNO2/c14-12-6-11(8-16)13(15-7-12)17-9-10-4-2-1-3-5-10/h6-7,10,16H,1-5,8-9H2. The Balaban J connectivity index is 1.93. The maximum Gasteiger partial charge on any atom is 0.219 e. The summed E-state index contributed by atoms with van der Waals surface area (Å²) < 4.78 is 18.5. The van der Waals surface area contributed by atoms with Crippen LogP contribution in [0.25, 0.3) is 0 Å². The van der Waals surface area contributed by atoms with Crippen molar-refractivity contribution in [3.05, 3.63) is 23.6 Å². The normalized spacial score (nSPS) is 17.1. The molecular formula is C13H18FNO2. The van der Waals surface area contributed by atoms with Gasteiger partial charge in [-0.25, -0.2) is 9.37 Å². The molecule has 1 N–H and O–H groups in total. The third-order valence-electron chi connectivity index (χ3n) is 3.24. The van der Waals surface area contributed by atoms with Gasteiger partial charge < -0.3 is 9.84 Å². The van der Waals surface area contributed by atoms with Gasteiger partial charge in [0.05, 0.1) is 19.4 Å². The molecule has 1 aliphatic rings. The molecule has 0 saturated heterocycles. The maximum absolute atomic E-state index is 12.9. The van der Waals surface area contributed by atoms with Crippen molar-refractivity contribution in [2.75, 3.05) is 6.61 Å². The molecule has 0 spiro atoms. The van der Waals surface area contributed by atoms with Crippen LogP contribution < -0.4 is 4.74 Å². The van der Waals surface area contributed by atoms with Crippen LogP contribution in [0.3, 0.4) is 0 Å². The predicted octanol–water partition coefficient (Wildman–Crippen LogP) is 2.67. The average Bonchev–Trinajstić information content (AvgIpc) is 2.38. The molecule has 1 fully saturated rings. The number of ether oxygens (including phenoxy) is 1. The molecule has 1 aromatic heterocycles. The van der Waals surface area contributed by atoms with Gasteiger partial charge in [-0.2, -0.15) is 0 Å². The second kappa shape index (κ2) is 5.96. The smallest absolute Gasteiger partial charge is 0.219 e. The Hall–Kier alpha value is -1.16. The molecule has 0 aliphatic heterocycles. The van der Waals surface area contributed by atoms with E-state index < -0.39 is 5.82 Å². The summed E-state index contributed by atoms with van der Waals surface area (Å²) in [5.41, 5.74) is 0.417. The highest BCUT2D eigenvalue weighted by molar-refractivity contribution is 5.25.